The molecule has 5 nitrogen and oxygen atoms in total. The molecule has 1 aromatic rings. The zero-order valence-electron chi connectivity index (χ0n) is 12.8. The van der Waals surface area contributed by atoms with Gasteiger partial charge in [0.1, 0.15) is 11.9 Å². The third-order valence-electron chi connectivity index (χ3n) is 2.71. The van der Waals surface area contributed by atoms with Crippen molar-refractivity contribution in [3.05, 3.63) is 30.4 Å². The Kier molecular flexibility index (Phi) is 5.67. The third-order valence-corrected chi connectivity index (χ3v) is 2.71. The van der Waals surface area contributed by atoms with Gasteiger partial charge in [-0.25, -0.2) is 14.8 Å². The monoisotopic (exact) mass is 277 g/mol. The van der Waals surface area contributed by atoms with Crippen LogP contribution in [0.4, 0.5) is 4.79 Å². The first-order valence-electron chi connectivity index (χ1n) is 6.67. The summed E-state index contributed by atoms with van der Waals surface area (Å²) in [5, 5.41) is 0. The van der Waals surface area contributed by atoms with Crippen LogP contribution in [-0.4, -0.2) is 39.7 Å². The topological polar surface area (TPSA) is 55.3 Å². The lowest BCUT2D eigenvalue weighted by molar-refractivity contribution is 0.0238. The number of amides is 1. The minimum absolute atomic E-state index is 0.0609. The zero-order chi connectivity index (χ0) is 15.2. The first kappa shape index (κ1) is 16.1. The lowest BCUT2D eigenvalue weighted by Crippen LogP contribution is -2.39. The van der Waals surface area contributed by atoms with Gasteiger partial charge in [-0.3, -0.25) is 0 Å². The highest BCUT2D eigenvalue weighted by molar-refractivity contribution is 5.68. The van der Waals surface area contributed by atoms with E-state index in [2.05, 4.69) is 9.97 Å². The second-order valence-electron chi connectivity index (χ2n) is 5.75. The van der Waals surface area contributed by atoms with Crippen LogP contribution in [-0.2, 0) is 4.74 Å². The summed E-state index contributed by atoms with van der Waals surface area (Å²) >= 11 is 0. The Labute approximate surface area is 120 Å². The Morgan fingerprint density at radius 2 is 2.00 bits per heavy atom. The van der Waals surface area contributed by atoms with Gasteiger partial charge in [0.05, 0.1) is 0 Å². The summed E-state index contributed by atoms with van der Waals surface area (Å²) in [5.41, 5.74) is 0.474. The van der Waals surface area contributed by atoms with Crippen LogP contribution in [0.15, 0.2) is 24.8 Å². The van der Waals surface area contributed by atoms with Crippen molar-refractivity contribution >= 4 is 12.2 Å². The molecule has 1 rings (SSSR count). The quantitative estimate of drug-likeness (QED) is 0.848. The molecule has 0 saturated carbocycles. The molecule has 110 valence electrons. The van der Waals surface area contributed by atoms with Crippen LogP contribution in [0.5, 0.6) is 0 Å². The molecule has 1 heterocycles. The maximum absolute atomic E-state index is 11.9. The largest absolute Gasteiger partial charge is 0.444 e. The number of carbonyl (C=O) groups excluding carboxylic acids is 1. The highest BCUT2D eigenvalue weighted by Gasteiger charge is 2.22. The van der Waals surface area contributed by atoms with Crippen molar-refractivity contribution in [2.24, 2.45) is 0 Å². The molecular weight excluding hydrogens is 254 g/mol. The minimum Gasteiger partial charge on any atom is -0.444 e. The minimum atomic E-state index is -0.470. The Bertz CT molecular complexity index is 452. The molecule has 0 saturated heterocycles. The predicted octanol–water partition coefficient (Wildman–Crippen LogP) is 3.14. The lowest BCUT2D eigenvalue weighted by atomic mass is 10.2. The average molecular weight is 277 g/mol. The van der Waals surface area contributed by atoms with Gasteiger partial charge < -0.3 is 9.64 Å². The number of rotatable bonds is 4. The van der Waals surface area contributed by atoms with E-state index < -0.39 is 5.60 Å². The number of hydrogen-bond acceptors (Lipinski definition) is 4. The first-order chi connectivity index (χ1) is 9.29. The molecule has 0 aliphatic carbocycles. The molecule has 1 aromatic heterocycles. The molecule has 20 heavy (non-hydrogen) atoms. The van der Waals surface area contributed by atoms with E-state index in [0.29, 0.717) is 0 Å². The molecule has 1 atom stereocenters. The van der Waals surface area contributed by atoms with Crippen LogP contribution in [0.2, 0.25) is 0 Å². The first-order valence-corrected chi connectivity index (χ1v) is 6.67. The van der Waals surface area contributed by atoms with Gasteiger partial charge in [-0.1, -0.05) is 12.2 Å². The van der Waals surface area contributed by atoms with Crippen molar-refractivity contribution in [1.82, 2.24) is 14.9 Å². The highest BCUT2D eigenvalue weighted by atomic mass is 16.6. The van der Waals surface area contributed by atoms with Gasteiger partial charge in [0, 0.05) is 31.0 Å². The summed E-state index contributed by atoms with van der Waals surface area (Å²) < 4.78 is 5.33. The highest BCUT2D eigenvalue weighted by Crippen LogP contribution is 2.12. The summed E-state index contributed by atoms with van der Waals surface area (Å²) in [5.74, 6) is 0. The van der Waals surface area contributed by atoms with Crippen LogP contribution in [0.1, 0.15) is 39.7 Å². The SMILES string of the molecule is C[C@@H](CC=Cc1cncnc1)N(C)C(=O)OC(C)(C)C. The molecule has 5 heteroatoms. The van der Waals surface area contributed by atoms with Crippen LogP contribution >= 0.6 is 0 Å². The van der Waals surface area contributed by atoms with E-state index in [0.717, 1.165) is 12.0 Å². The number of carbonyl (C=O) groups is 1. The molecular formula is C15H23N3O2. The summed E-state index contributed by atoms with van der Waals surface area (Å²) in [4.78, 5) is 21.4. The van der Waals surface area contributed by atoms with E-state index in [4.69, 9.17) is 4.74 Å². The van der Waals surface area contributed by atoms with Crippen LogP contribution in [0.3, 0.4) is 0 Å². The number of aromatic nitrogens is 2. The third kappa shape index (κ3) is 5.82. The molecule has 0 aliphatic rings. The average Bonchev–Trinajstić information content (AvgIpc) is 2.37. The van der Waals surface area contributed by atoms with Gasteiger partial charge in [-0.2, -0.15) is 0 Å². The van der Waals surface area contributed by atoms with Crippen molar-refractivity contribution in [1.29, 1.82) is 0 Å². The molecule has 1 amide bonds. The van der Waals surface area contributed by atoms with E-state index in [1.807, 2.05) is 39.8 Å². The lowest BCUT2D eigenvalue weighted by Gasteiger charge is -2.28. The zero-order valence-corrected chi connectivity index (χ0v) is 12.8. The second-order valence-corrected chi connectivity index (χ2v) is 5.75. The van der Waals surface area contributed by atoms with Crippen molar-refractivity contribution in [2.75, 3.05) is 7.05 Å². The molecule has 0 spiro atoms. The van der Waals surface area contributed by atoms with Crippen molar-refractivity contribution in [3.63, 3.8) is 0 Å². The van der Waals surface area contributed by atoms with Gasteiger partial charge in [-0.05, 0) is 34.1 Å². The molecule has 0 fully saturated rings. The van der Waals surface area contributed by atoms with Gasteiger partial charge in [-0.15, -0.1) is 0 Å². The van der Waals surface area contributed by atoms with Crippen LogP contribution < -0.4 is 0 Å². The van der Waals surface area contributed by atoms with Gasteiger partial charge in [0.2, 0.25) is 0 Å². The Hall–Kier alpha value is -1.91. The molecule has 0 aromatic carbocycles. The standard InChI is InChI=1S/C15H23N3O2/c1-12(18(5)14(19)20-15(2,3)4)7-6-8-13-9-16-11-17-10-13/h6,8-12H,7H2,1-5H3/t12-/m0/s1. The van der Waals surface area contributed by atoms with Crippen LogP contribution in [0, 0.1) is 0 Å². The fourth-order valence-electron chi connectivity index (χ4n) is 1.47. The molecule has 0 unspecified atom stereocenters. The van der Waals surface area contributed by atoms with Gasteiger partial charge in [0.25, 0.3) is 0 Å². The van der Waals surface area contributed by atoms with Gasteiger partial charge >= 0.3 is 6.09 Å². The summed E-state index contributed by atoms with van der Waals surface area (Å²) in [7, 11) is 1.75. The maximum Gasteiger partial charge on any atom is 0.410 e. The van der Waals surface area contributed by atoms with Crippen molar-refractivity contribution in [3.8, 4) is 0 Å². The Morgan fingerprint density at radius 3 is 2.55 bits per heavy atom. The molecule has 0 aliphatic heterocycles. The Morgan fingerprint density at radius 1 is 1.40 bits per heavy atom. The van der Waals surface area contributed by atoms with E-state index >= 15 is 0 Å². The second kappa shape index (κ2) is 7.03. The Balaban J connectivity index is 2.48. The van der Waals surface area contributed by atoms with E-state index in [-0.39, 0.29) is 12.1 Å². The molecule has 0 radical (unpaired) electrons. The van der Waals surface area contributed by atoms with E-state index in [1.165, 1.54) is 6.33 Å². The number of nitrogens with zero attached hydrogens (tertiary/aromatic N) is 3. The fourth-order valence-corrected chi connectivity index (χ4v) is 1.47. The summed E-state index contributed by atoms with van der Waals surface area (Å²) in [6, 6.07) is 0.0609. The van der Waals surface area contributed by atoms with Crippen molar-refractivity contribution in [2.45, 2.75) is 45.8 Å². The van der Waals surface area contributed by atoms with E-state index in [1.54, 1.807) is 24.3 Å². The van der Waals surface area contributed by atoms with Crippen molar-refractivity contribution < 1.29 is 9.53 Å². The normalized spacial score (nSPS) is 13.2. The van der Waals surface area contributed by atoms with Gasteiger partial charge in [0.15, 0.2) is 0 Å². The molecule has 0 N–H and O–H groups in total. The summed E-state index contributed by atoms with van der Waals surface area (Å²) in [6.07, 6.45) is 9.36. The number of ether oxygens (including phenoxy) is 1. The predicted molar refractivity (Wildman–Crippen MR) is 79.1 cm³/mol. The van der Waals surface area contributed by atoms with Crippen LogP contribution in [0.25, 0.3) is 6.08 Å². The summed E-state index contributed by atoms with van der Waals surface area (Å²) in [6.45, 7) is 7.56. The van der Waals surface area contributed by atoms with E-state index in [9.17, 15) is 4.79 Å². The fraction of sp³-hybridized carbons (Fsp3) is 0.533. The maximum atomic E-state index is 11.9. The number of hydrogen-bond donors (Lipinski definition) is 0. The molecule has 0 bridgehead atoms. The smallest absolute Gasteiger partial charge is 0.410 e.